The van der Waals surface area contributed by atoms with Gasteiger partial charge in [-0.25, -0.2) is 0 Å². The highest BCUT2D eigenvalue weighted by molar-refractivity contribution is 8.02. The Morgan fingerprint density at radius 2 is 0.793 bits per heavy atom. The molecule has 0 aliphatic carbocycles. The van der Waals surface area contributed by atoms with E-state index in [1.54, 1.807) is 0 Å². The van der Waals surface area contributed by atoms with Crippen molar-refractivity contribution >= 4 is 28.4 Å². The first-order valence-electron chi connectivity index (χ1n) is 12.9. The van der Waals surface area contributed by atoms with Crippen molar-refractivity contribution in [2.45, 2.75) is 130 Å². The molecule has 0 aromatic heterocycles. The Morgan fingerprint density at radius 3 is 1.03 bits per heavy atom. The van der Waals surface area contributed by atoms with Crippen LogP contribution in [0.15, 0.2) is 0 Å². The van der Waals surface area contributed by atoms with E-state index in [1.165, 1.54) is 86.3 Å². The summed E-state index contributed by atoms with van der Waals surface area (Å²) in [6.07, 6.45) is 12.9. The normalized spacial score (nSPS) is 12.6. The van der Waals surface area contributed by atoms with Crippen LogP contribution in [-0.2, 0) is 8.85 Å². The number of rotatable bonds is 22. The van der Waals surface area contributed by atoms with Crippen molar-refractivity contribution < 1.29 is 8.85 Å². The summed E-state index contributed by atoms with van der Waals surface area (Å²) in [7, 11) is -3.24. The molecule has 0 aromatic carbocycles. The predicted octanol–water partition coefficient (Wildman–Crippen LogP) is 8.74. The largest absolute Gasteiger partial charge is 0.416 e. The van der Waals surface area contributed by atoms with Crippen LogP contribution in [0.25, 0.3) is 0 Å². The van der Waals surface area contributed by atoms with Crippen molar-refractivity contribution in [1.82, 2.24) is 0 Å². The van der Waals surface area contributed by atoms with Crippen LogP contribution in [0.2, 0.25) is 24.2 Å². The van der Waals surface area contributed by atoms with E-state index in [9.17, 15) is 0 Å². The number of hydrogen-bond acceptors (Lipinski definition) is 3. The van der Waals surface area contributed by atoms with E-state index in [4.69, 9.17) is 8.85 Å². The Labute approximate surface area is 190 Å². The summed E-state index contributed by atoms with van der Waals surface area (Å²) in [6, 6.07) is 5.46. The third kappa shape index (κ3) is 13.7. The molecule has 0 amide bonds. The quantitative estimate of drug-likeness (QED) is 0.150. The smallest absolute Gasteiger partial charge is 0.202 e. The van der Waals surface area contributed by atoms with Gasteiger partial charge in [0.15, 0.2) is 0 Å². The van der Waals surface area contributed by atoms with Crippen LogP contribution in [0.5, 0.6) is 0 Å². The van der Waals surface area contributed by atoms with Crippen molar-refractivity contribution in [3.63, 3.8) is 0 Å². The first-order valence-corrected chi connectivity index (χ1v) is 19.1. The highest BCUT2D eigenvalue weighted by Gasteiger charge is 2.38. The number of unbranched alkanes of at least 4 members (excludes halogenated alkanes) is 4. The van der Waals surface area contributed by atoms with Gasteiger partial charge in [0.25, 0.3) is 0 Å². The van der Waals surface area contributed by atoms with Gasteiger partial charge in [-0.3, -0.25) is 0 Å². The van der Waals surface area contributed by atoms with Gasteiger partial charge in [0.05, 0.1) is 0 Å². The van der Waals surface area contributed by atoms with E-state index < -0.39 is 16.6 Å². The van der Waals surface area contributed by atoms with E-state index >= 15 is 0 Å². The minimum absolute atomic E-state index is 0.973. The van der Waals surface area contributed by atoms with Crippen LogP contribution in [0.1, 0.15) is 106 Å². The van der Waals surface area contributed by atoms with Gasteiger partial charge in [-0.05, 0) is 37.0 Å². The molecule has 0 N–H and O–H groups in total. The first kappa shape index (κ1) is 29.7. The minimum atomic E-state index is -1.62. The zero-order valence-corrected chi connectivity index (χ0v) is 23.8. The van der Waals surface area contributed by atoms with Crippen molar-refractivity contribution in [3.8, 4) is 0 Å². The van der Waals surface area contributed by atoms with E-state index in [1.807, 2.05) is 0 Å². The summed E-state index contributed by atoms with van der Waals surface area (Å²) >= 11 is 2.24. The molecule has 0 heterocycles. The molecule has 5 heteroatoms. The van der Waals surface area contributed by atoms with Gasteiger partial charge >= 0.3 is 0 Å². The fourth-order valence-corrected chi connectivity index (χ4v) is 17.6. The second kappa shape index (κ2) is 19.4. The maximum absolute atomic E-state index is 6.73. The minimum Gasteiger partial charge on any atom is -0.416 e. The van der Waals surface area contributed by atoms with E-state index in [2.05, 4.69) is 53.3 Å². The zero-order chi connectivity index (χ0) is 21.8. The van der Waals surface area contributed by atoms with Crippen LogP contribution in [0.3, 0.4) is 0 Å². The molecule has 0 saturated carbocycles. The van der Waals surface area contributed by atoms with Gasteiger partial charge in [0.2, 0.25) is 16.6 Å². The molecule has 2 nitrogen and oxygen atoms in total. The van der Waals surface area contributed by atoms with Crippen molar-refractivity contribution in [1.29, 1.82) is 0 Å². The lowest BCUT2D eigenvalue weighted by Crippen LogP contribution is -2.45. The molecule has 0 aliphatic rings. The Morgan fingerprint density at radius 1 is 0.483 bits per heavy atom. The van der Waals surface area contributed by atoms with E-state index in [0.29, 0.717) is 0 Å². The molecule has 176 valence electrons. The van der Waals surface area contributed by atoms with Gasteiger partial charge in [0.1, 0.15) is 0 Å². The molecule has 0 unspecified atom stereocenters. The fraction of sp³-hybridized carbons (Fsp3) is 1.00. The Balaban J connectivity index is 5.21. The Bertz CT molecular complexity index is 280. The van der Waals surface area contributed by atoms with E-state index in [-0.39, 0.29) is 0 Å². The first-order chi connectivity index (χ1) is 14.1. The van der Waals surface area contributed by atoms with Crippen LogP contribution < -0.4 is 0 Å². The molecular formula is C24H54O2SSi2. The van der Waals surface area contributed by atoms with Gasteiger partial charge in [-0.15, -0.1) is 0 Å². The summed E-state index contributed by atoms with van der Waals surface area (Å²) in [6.45, 7) is 15.8. The maximum atomic E-state index is 6.73. The number of thioether (sulfide) groups is 1. The summed E-state index contributed by atoms with van der Waals surface area (Å²) in [5.41, 5.74) is 0. The molecule has 0 aromatic rings. The van der Waals surface area contributed by atoms with Crippen molar-refractivity contribution in [2.75, 3.05) is 24.0 Å². The highest BCUT2D eigenvalue weighted by atomic mass is 32.2. The van der Waals surface area contributed by atoms with Gasteiger partial charge in [0, 0.05) is 24.0 Å². The van der Waals surface area contributed by atoms with E-state index in [0.717, 1.165) is 26.1 Å². The molecule has 0 spiro atoms. The molecule has 0 rings (SSSR count). The van der Waals surface area contributed by atoms with Gasteiger partial charge < -0.3 is 8.85 Å². The molecule has 0 aliphatic heterocycles. The molecule has 0 saturated heterocycles. The zero-order valence-electron chi connectivity index (χ0n) is 21.0. The molecule has 0 fully saturated rings. The second-order valence-electron chi connectivity index (χ2n) is 8.97. The van der Waals surface area contributed by atoms with Gasteiger partial charge in [-0.2, -0.15) is 11.8 Å². The summed E-state index contributed by atoms with van der Waals surface area (Å²) < 4.78 is 13.5. The maximum Gasteiger partial charge on any atom is 0.202 e. The lowest BCUT2D eigenvalue weighted by atomic mass is 10.4. The number of hydrogen-bond donors (Lipinski definition) is 0. The van der Waals surface area contributed by atoms with Crippen molar-refractivity contribution in [2.24, 2.45) is 0 Å². The van der Waals surface area contributed by atoms with Crippen LogP contribution in [0.4, 0.5) is 0 Å². The molecule has 0 atom stereocenters. The third-order valence-electron chi connectivity index (χ3n) is 5.90. The molecule has 0 radical (unpaired) electrons. The Hall–Kier alpha value is 0.704. The summed E-state index contributed by atoms with van der Waals surface area (Å²) in [5, 5.41) is 2.60. The van der Waals surface area contributed by atoms with Crippen LogP contribution >= 0.6 is 11.8 Å². The second-order valence-corrected chi connectivity index (χ2v) is 19.0. The summed E-state index contributed by atoms with van der Waals surface area (Å²) in [4.78, 5) is 0. The average molecular weight is 463 g/mol. The summed E-state index contributed by atoms with van der Waals surface area (Å²) in [5.74, 6) is 0. The average Bonchev–Trinajstić information content (AvgIpc) is 2.75. The van der Waals surface area contributed by atoms with Crippen molar-refractivity contribution in [3.05, 3.63) is 0 Å². The monoisotopic (exact) mass is 462 g/mol. The SMILES string of the molecule is CCCC[Si](CCCC)(CSC[Si](CCCC)(CCCC)OCCC)OCCC. The molecular weight excluding hydrogens is 409 g/mol. The van der Waals surface area contributed by atoms with Crippen LogP contribution in [-0.4, -0.2) is 40.6 Å². The lowest BCUT2D eigenvalue weighted by Gasteiger charge is -2.35. The molecule has 29 heavy (non-hydrogen) atoms. The third-order valence-corrected chi connectivity index (χ3v) is 18.4. The lowest BCUT2D eigenvalue weighted by molar-refractivity contribution is 0.298. The van der Waals surface area contributed by atoms with Gasteiger partial charge in [-0.1, -0.05) is 92.9 Å². The standard InChI is InChI=1S/C24H54O2SSi2/c1-7-13-19-28(20-14-8-2,25-17-11-5)23-27-24-29(21-15-9-3,22-16-10-4)26-18-12-6/h7-24H2,1-6H3. The Kier molecular flexibility index (Phi) is 19.9. The van der Waals surface area contributed by atoms with Crippen LogP contribution in [0, 0.1) is 0 Å². The fourth-order valence-electron chi connectivity index (χ4n) is 3.97. The molecule has 0 bridgehead atoms. The predicted molar refractivity (Wildman–Crippen MR) is 140 cm³/mol. The topological polar surface area (TPSA) is 18.5 Å². The highest BCUT2D eigenvalue weighted by Crippen LogP contribution is 2.32.